The lowest BCUT2D eigenvalue weighted by Gasteiger charge is -2.33. The van der Waals surface area contributed by atoms with E-state index in [1.165, 1.54) is 0 Å². The van der Waals surface area contributed by atoms with Crippen molar-refractivity contribution in [3.63, 3.8) is 0 Å². The maximum Gasteiger partial charge on any atom is 0.249 e. The molecule has 5 rings (SSSR count). The van der Waals surface area contributed by atoms with Crippen molar-refractivity contribution in [2.75, 3.05) is 19.1 Å². The minimum absolute atomic E-state index is 0.0700. The van der Waals surface area contributed by atoms with Gasteiger partial charge in [0.15, 0.2) is 0 Å². The summed E-state index contributed by atoms with van der Waals surface area (Å²) in [6, 6.07) is 19.5. The van der Waals surface area contributed by atoms with Crippen molar-refractivity contribution in [2.24, 2.45) is 0 Å². The Bertz CT molecular complexity index is 1460. The van der Waals surface area contributed by atoms with Crippen LogP contribution in [0, 0.1) is 6.92 Å². The Morgan fingerprint density at radius 2 is 1.67 bits per heavy atom. The lowest BCUT2D eigenvalue weighted by Crippen LogP contribution is -2.47. The Labute approximate surface area is 227 Å². The first-order valence-corrected chi connectivity index (χ1v) is 13.2. The molecule has 1 N–H and O–H groups in total. The molecule has 9 heteroatoms. The van der Waals surface area contributed by atoms with Crippen LogP contribution in [0.2, 0.25) is 0 Å². The van der Waals surface area contributed by atoms with Crippen molar-refractivity contribution in [3.05, 3.63) is 77.9 Å². The standard InChI is InChI=1S/C30H33N5O4/c1-20-10-4-8-14-26(20)35(28(36)19-34-27-15-9-7-13-25(27)32-33-34)29(30(37)31-22-11-5-6-12-22)21-16-23(38-2)18-24(17-21)39-3/h4,7-10,13-18,22,29H,5-6,11-12,19H2,1-3H3,(H,31,37)/t29-/m1/s1. The van der Waals surface area contributed by atoms with Crippen LogP contribution < -0.4 is 19.7 Å². The van der Waals surface area contributed by atoms with Crippen LogP contribution in [0.15, 0.2) is 66.7 Å². The van der Waals surface area contributed by atoms with Crippen LogP contribution in [0.5, 0.6) is 11.5 Å². The lowest BCUT2D eigenvalue weighted by atomic mass is 10.00. The SMILES string of the molecule is COc1cc(OC)cc([C@H](C(=O)NC2CCCC2)N(C(=O)Cn2nnc3ccccc32)c2ccccc2C)c1. The molecule has 4 aromatic rings. The van der Waals surface area contributed by atoms with Crippen LogP contribution in [0.4, 0.5) is 5.69 Å². The van der Waals surface area contributed by atoms with E-state index in [0.29, 0.717) is 28.3 Å². The van der Waals surface area contributed by atoms with E-state index in [9.17, 15) is 9.59 Å². The van der Waals surface area contributed by atoms with Crippen LogP contribution in [0.25, 0.3) is 11.0 Å². The smallest absolute Gasteiger partial charge is 0.249 e. The number of para-hydroxylation sites is 2. The van der Waals surface area contributed by atoms with Gasteiger partial charge in [0, 0.05) is 17.8 Å². The maximum absolute atomic E-state index is 14.3. The molecule has 202 valence electrons. The number of carbonyl (C=O) groups excluding carboxylic acids is 2. The quantitative estimate of drug-likeness (QED) is 0.342. The number of nitrogens with one attached hydrogen (secondary N) is 1. The van der Waals surface area contributed by atoms with E-state index in [0.717, 1.165) is 36.8 Å². The van der Waals surface area contributed by atoms with Gasteiger partial charge < -0.3 is 14.8 Å². The highest BCUT2D eigenvalue weighted by molar-refractivity contribution is 6.02. The molecular formula is C30H33N5O4. The van der Waals surface area contributed by atoms with E-state index in [-0.39, 0.29) is 24.4 Å². The number of aromatic nitrogens is 3. The normalized spacial score (nSPS) is 14.2. The van der Waals surface area contributed by atoms with Crippen molar-refractivity contribution in [2.45, 2.75) is 51.2 Å². The molecule has 1 heterocycles. The van der Waals surface area contributed by atoms with Gasteiger partial charge >= 0.3 is 0 Å². The second kappa shape index (κ2) is 11.6. The van der Waals surface area contributed by atoms with Crippen LogP contribution in [0.3, 0.4) is 0 Å². The van der Waals surface area contributed by atoms with Crippen molar-refractivity contribution in [3.8, 4) is 11.5 Å². The van der Waals surface area contributed by atoms with Gasteiger partial charge in [-0.1, -0.05) is 48.4 Å². The molecule has 0 spiro atoms. The number of aryl methyl sites for hydroxylation is 1. The third kappa shape index (κ3) is 5.57. The second-order valence-electron chi connectivity index (χ2n) is 9.82. The number of carbonyl (C=O) groups is 2. The number of hydrogen-bond acceptors (Lipinski definition) is 6. The highest BCUT2D eigenvalue weighted by Crippen LogP contribution is 2.35. The molecule has 0 unspecified atom stereocenters. The summed E-state index contributed by atoms with van der Waals surface area (Å²) < 4.78 is 12.6. The zero-order valence-electron chi connectivity index (χ0n) is 22.5. The monoisotopic (exact) mass is 527 g/mol. The first kappa shape index (κ1) is 26.2. The van der Waals surface area contributed by atoms with Crippen LogP contribution >= 0.6 is 0 Å². The zero-order valence-corrected chi connectivity index (χ0v) is 22.5. The predicted molar refractivity (Wildman–Crippen MR) is 149 cm³/mol. The average molecular weight is 528 g/mol. The second-order valence-corrected chi connectivity index (χ2v) is 9.82. The molecule has 0 saturated heterocycles. The number of methoxy groups -OCH3 is 2. The predicted octanol–water partition coefficient (Wildman–Crippen LogP) is 4.59. The summed E-state index contributed by atoms with van der Waals surface area (Å²) in [4.78, 5) is 30.0. The van der Waals surface area contributed by atoms with Gasteiger partial charge in [-0.3, -0.25) is 14.5 Å². The summed E-state index contributed by atoms with van der Waals surface area (Å²) in [5.74, 6) is 0.510. The number of anilines is 1. The van der Waals surface area contributed by atoms with Gasteiger partial charge in [-0.05, 0) is 61.2 Å². The van der Waals surface area contributed by atoms with Gasteiger partial charge in [0.1, 0.15) is 29.6 Å². The summed E-state index contributed by atoms with van der Waals surface area (Å²) in [5.41, 5.74) is 3.52. The molecule has 2 amide bonds. The highest BCUT2D eigenvalue weighted by Gasteiger charge is 2.36. The average Bonchev–Trinajstić information content (AvgIpc) is 3.62. The Kier molecular flexibility index (Phi) is 7.76. The molecule has 1 aliphatic rings. The zero-order chi connectivity index (χ0) is 27.4. The number of ether oxygens (including phenoxy) is 2. The van der Waals surface area contributed by atoms with Crippen molar-refractivity contribution in [1.82, 2.24) is 20.3 Å². The van der Waals surface area contributed by atoms with Gasteiger partial charge in [0.2, 0.25) is 11.8 Å². The fourth-order valence-corrected chi connectivity index (χ4v) is 5.24. The fraction of sp³-hybridized carbons (Fsp3) is 0.333. The first-order valence-electron chi connectivity index (χ1n) is 13.2. The highest BCUT2D eigenvalue weighted by atomic mass is 16.5. The van der Waals surface area contributed by atoms with Gasteiger partial charge in [-0.25, -0.2) is 4.68 Å². The van der Waals surface area contributed by atoms with E-state index in [1.807, 2.05) is 55.5 Å². The van der Waals surface area contributed by atoms with E-state index < -0.39 is 6.04 Å². The minimum atomic E-state index is -0.974. The number of fused-ring (bicyclic) bond motifs is 1. The molecule has 9 nitrogen and oxygen atoms in total. The van der Waals surface area contributed by atoms with Gasteiger partial charge in [0.05, 0.1) is 19.7 Å². The molecule has 1 aromatic heterocycles. The molecule has 0 radical (unpaired) electrons. The van der Waals surface area contributed by atoms with E-state index in [2.05, 4.69) is 15.6 Å². The van der Waals surface area contributed by atoms with Crippen LogP contribution in [0.1, 0.15) is 42.9 Å². The summed E-state index contributed by atoms with van der Waals surface area (Å²) in [7, 11) is 3.12. The summed E-state index contributed by atoms with van der Waals surface area (Å²) in [6.45, 7) is 1.84. The van der Waals surface area contributed by atoms with E-state index >= 15 is 0 Å². The molecule has 1 atom stereocenters. The van der Waals surface area contributed by atoms with Crippen molar-refractivity contribution in [1.29, 1.82) is 0 Å². The molecule has 1 saturated carbocycles. The molecular weight excluding hydrogens is 494 g/mol. The van der Waals surface area contributed by atoms with Crippen LogP contribution in [-0.4, -0.2) is 47.1 Å². The molecule has 39 heavy (non-hydrogen) atoms. The van der Waals surface area contributed by atoms with Crippen molar-refractivity contribution >= 4 is 28.5 Å². The number of nitrogens with zero attached hydrogens (tertiary/aromatic N) is 4. The van der Waals surface area contributed by atoms with E-state index in [4.69, 9.17) is 9.47 Å². The number of amides is 2. The fourth-order valence-electron chi connectivity index (χ4n) is 5.24. The molecule has 3 aromatic carbocycles. The Hall–Kier alpha value is -4.40. The summed E-state index contributed by atoms with van der Waals surface area (Å²) in [5, 5.41) is 11.6. The molecule has 0 bridgehead atoms. The molecule has 1 aliphatic carbocycles. The Balaban J connectivity index is 1.63. The summed E-state index contributed by atoms with van der Waals surface area (Å²) in [6.07, 6.45) is 3.98. The Morgan fingerprint density at radius 1 is 1.00 bits per heavy atom. The maximum atomic E-state index is 14.3. The van der Waals surface area contributed by atoms with E-state index in [1.54, 1.807) is 42.0 Å². The topological polar surface area (TPSA) is 98.6 Å². The van der Waals surface area contributed by atoms with Crippen LogP contribution in [-0.2, 0) is 16.1 Å². The minimum Gasteiger partial charge on any atom is -0.497 e. The third-order valence-corrected chi connectivity index (χ3v) is 7.25. The van der Waals surface area contributed by atoms with Crippen molar-refractivity contribution < 1.29 is 19.1 Å². The van der Waals surface area contributed by atoms with Gasteiger partial charge in [-0.2, -0.15) is 0 Å². The third-order valence-electron chi connectivity index (χ3n) is 7.25. The van der Waals surface area contributed by atoms with Gasteiger partial charge in [-0.15, -0.1) is 5.10 Å². The summed E-state index contributed by atoms with van der Waals surface area (Å²) >= 11 is 0. The molecule has 1 fully saturated rings. The lowest BCUT2D eigenvalue weighted by molar-refractivity contribution is -0.127. The number of hydrogen-bond donors (Lipinski definition) is 1. The first-order chi connectivity index (χ1) is 19.0. The van der Waals surface area contributed by atoms with Gasteiger partial charge in [0.25, 0.3) is 0 Å². The largest absolute Gasteiger partial charge is 0.497 e. The Morgan fingerprint density at radius 3 is 2.36 bits per heavy atom. The molecule has 0 aliphatic heterocycles. The number of rotatable bonds is 9. The number of benzene rings is 3.